The number of hydrogen-bond acceptors (Lipinski definition) is 3. The van der Waals surface area contributed by atoms with E-state index in [2.05, 4.69) is 222 Å². The Labute approximate surface area is 348 Å². The van der Waals surface area contributed by atoms with Crippen molar-refractivity contribution in [3.8, 4) is 33.4 Å². The van der Waals surface area contributed by atoms with Gasteiger partial charge in [-0.25, -0.2) is 0 Å². The third kappa shape index (κ3) is 4.91. The Hall–Kier alpha value is -7.82. The van der Waals surface area contributed by atoms with E-state index in [1.165, 1.54) is 60.3 Å². The minimum Gasteiger partial charge on any atom is -0.455 e. The Kier molecular flexibility index (Phi) is 7.10. The van der Waals surface area contributed by atoms with Crippen LogP contribution in [-0.4, -0.2) is 6.85 Å². The smallest absolute Gasteiger partial charge is 0.333 e. The topological polar surface area (TPSA) is 19.6 Å². The minimum atomic E-state index is -0.180. The Bertz CT molecular complexity index is 3500. The summed E-state index contributed by atoms with van der Waals surface area (Å²) in [6.07, 6.45) is 0. The van der Waals surface area contributed by atoms with Crippen LogP contribution in [0.5, 0.6) is 0 Å². The maximum absolute atomic E-state index is 7.04. The fraction of sp³-hybridized carbons (Fsp3) is 0. The highest BCUT2D eigenvalue weighted by Gasteiger charge is 2.46. The summed E-state index contributed by atoms with van der Waals surface area (Å²) in [6, 6.07) is 77.7. The molecule has 2 aliphatic heterocycles. The Morgan fingerprint density at radius 3 is 1.75 bits per heavy atom. The second kappa shape index (κ2) is 12.8. The lowest BCUT2D eigenvalue weighted by Gasteiger charge is -2.46. The molecule has 0 N–H and O–H groups in total. The molecule has 60 heavy (non-hydrogen) atoms. The fourth-order valence-corrected chi connectivity index (χ4v) is 10.0. The lowest BCUT2D eigenvalue weighted by Crippen LogP contribution is -2.61. The van der Waals surface area contributed by atoms with E-state index in [-0.39, 0.29) is 6.85 Å². The van der Waals surface area contributed by atoms with E-state index in [0.29, 0.717) is 0 Å². The van der Waals surface area contributed by atoms with Gasteiger partial charge in [0.2, 0.25) is 0 Å². The van der Waals surface area contributed by atoms with Gasteiger partial charge in [-0.1, -0.05) is 158 Å². The molecule has 3 nitrogen and oxygen atoms in total. The number of nitrogens with zero attached hydrogens (tertiary/aromatic N) is 2. The Balaban J connectivity index is 1.18. The van der Waals surface area contributed by atoms with E-state index >= 15 is 0 Å². The molecule has 0 bridgehead atoms. The van der Waals surface area contributed by atoms with Crippen LogP contribution in [0.2, 0.25) is 0 Å². The second-order valence-corrected chi connectivity index (χ2v) is 16.1. The van der Waals surface area contributed by atoms with E-state index in [0.717, 1.165) is 55.9 Å². The van der Waals surface area contributed by atoms with E-state index < -0.39 is 0 Å². The molecule has 0 atom stereocenters. The quantitative estimate of drug-likeness (QED) is 0.167. The van der Waals surface area contributed by atoms with Gasteiger partial charge in [0.05, 0.1) is 0 Å². The lowest BCUT2D eigenvalue weighted by atomic mass is 9.43. The molecule has 0 spiro atoms. The van der Waals surface area contributed by atoms with E-state index in [1.807, 2.05) is 0 Å². The van der Waals surface area contributed by atoms with E-state index in [4.69, 9.17) is 4.42 Å². The predicted octanol–water partition coefficient (Wildman–Crippen LogP) is 13.9. The molecule has 10 aromatic carbocycles. The average Bonchev–Trinajstić information content (AvgIpc) is 3.69. The van der Waals surface area contributed by atoms with Crippen molar-refractivity contribution in [2.45, 2.75) is 0 Å². The molecule has 0 fully saturated rings. The summed E-state index contributed by atoms with van der Waals surface area (Å²) >= 11 is 0. The first-order chi connectivity index (χ1) is 29.7. The Morgan fingerprint density at radius 2 is 0.983 bits per heavy atom. The molecule has 4 heteroatoms. The molecule has 3 heterocycles. The summed E-state index contributed by atoms with van der Waals surface area (Å²) in [6.45, 7) is -0.180. The number of rotatable bonds is 4. The van der Waals surface area contributed by atoms with Crippen molar-refractivity contribution in [1.82, 2.24) is 0 Å². The van der Waals surface area contributed by atoms with Gasteiger partial charge in [0, 0.05) is 50.3 Å². The lowest BCUT2D eigenvalue weighted by molar-refractivity contribution is 0.670. The summed E-state index contributed by atoms with van der Waals surface area (Å²) < 4.78 is 7.04. The number of para-hydroxylation sites is 1. The summed E-state index contributed by atoms with van der Waals surface area (Å²) in [4.78, 5) is 5.11. The highest BCUT2D eigenvalue weighted by atomic mass is 16.3. The first-order valence-corrected chi connectivity index (χ1v) is 20.7. The summed E-state index contributed by atoms with van der Waals surface area (Å²) in [7, 11) is 0. The van der Waals surface area contributed by atoms with E-state index in [1.54, 1.807) is 0 Å². The third-order valence-electron chi connectivity index (χ3n) is 12.8. The second-order valence-electron chi connectivity index (χ2n) is 16.1. The Morgan fingerprint density at radius 1 is 0.383 bits per heavy atom. The number of hydrogen-bond donors (Lipinski definition) is 0. The number of fused-ring (bicyclic) bond motifs is 10. The molecule has 11 aromatic rings. The third-order valence-corrected chi connectivity index (χ3v) is 12.8. The molecule has 0 amide bonds. The van der Waals surface area contributed by atoms with Gasteiger partial charge in [-0.05, 0) is 109 Å². The summed E-state index contributed by atoms with van der Waals surface area (Å²) in [5, 5.41) is 7.08. The SMILES string of the molecule is c1ccc(-c2ccc(N3c4ccc(-c5ccccc5)cc4B4c5c3cc3c(oc6ccccc63)c5-c3cc5ccccc5cc3N4c3ccc4ccccc4c3)cc2)cc1. The van der Waals surface area contributed by atoms with Crippen molar-refractivity contribution in [2.24, 2.45) is 0 Å². The summed E-state index contributed by atoms with van der Waals surface area (Å²) in [5.41, 5.74) is 17.1. The van der Waals surface area contributed by atoms with Crippen LogP contribution in [0.25, 0.3) is 76.9 Å². The first-order valence-electron chi connectivity index (χ1n) is 20.7. The van der Waals surface area contributed by atoms with Crippen molar-refractivity contribution >= 4 is 89.7 Å². The van der Waals surface area contributed by atoms with Gasteiger partial charge < -0.3 is 14.1 Å². The molecule has 1 aromatic heterocycles. The van der Waals surface area contributed by atoms with Crippen molar-refractivity contribution in [3.05, 3.63) is 212 Å². The van der Waals surface area contributed by atoms with Crippen molar-refractivity contribution < 1.29 is 4.42 Å². The van der Waals surface area contributed by atoms with Gasteiger partial charge in [-0.3, -0.25) is 0 Å². The van der Waals surface area contributed by atoms with Crippen LogP contribution in [0, 0.1) is 0 Å². The molecule has 0 saturated heterocycles. The first kappa shape index (κ1) is 33.2. The zero-order valence-electron chi connectivity index (χ0n) is 32.6. The van der Waals surface area contributed by atoms with Crippen LogP contribution in [0.15, 0.2) is 217 Å². The molecule has 0 saturated carbocycles. The zero-order chi connectivity index (χ0) is 39.3. The standard InChI is InChI=1S/C56H35BN2O/c1-3-13-36(14-4-1)39-23-27-44(28-24-39)58-50-30-26-43(37-15-5-2-6-16-37)33-49(50)57-55-52(58)35-47-46-21-11-12-22-53(46)60-56(47)54(55)48-32-41-19-9-10-20-42(41)34-51(48)59(57)45-29-25-38-17-7-8-18-40(38)31-45/h1-35H. The molecule has 13 rings (SSSR count). The minimum absolute atomic E-state index is 0.180. The van der Waals surface area contributed by atoms with Gasteiger partial charge in [-0.15, -0.1) is 0 Å². The molecule has 278 valence electrons. The van der Waals surface area contributed by atoms with Gasteiger partial charge in [-0.2, -0.15) is 0 Å². The molecule has 0 aliphatic carbocycles. The monoisotopic (exact) mass is 762 g/mol. The molecule has 0 unspecified atom stereocenters. The summed E-state index contributed by atoms with van der Waals surface area (Å²) in [5.74, 6) is 0. The van der Waals surface area contributed by atoms with Crippen molar-refractivity contribution in [3.63, 3.8) is 0 Å². The van der Waals surface area contributed by atoms with E-state index in [9.17, 15) is 0 Å². The maximum Gasteiger partial charge on any atom is 0.333 e. The van der Waals surface area contributed by atoms with Gasteiger partial charge in [0.15, 0.2) is 0 Å². The fourth-order valence-electron chi connectivity index (χ4n) is 10.0. The number of anilines is 5. The van der Waals surface area contributed by atoms with Gasteiger partial charge in [0.25, 0.3) is 0 Å². The molecular formula is C56H35BN2O. The number of benzene rings is 10. The number of furan rings is 1. The van der Waals surface area contributed by atoms with Crippen molar-refractivity contribution in [2.75, 3.05) is 9.71 Å². The van der Waals surface area contributed by atoms with Crippen LogP contribution in [0.3, 0.4) is 0 Å². The van der Waals surface area contributed by atoms with Gasteiger partial charge >= 0.3 is 6.85 Å². The normalized spacial score (nSPS) is 12.9. The molecule has 2 aliphatic rings. The molecule has 0 radical (unpaired) electrons. The van der Waals surface area contributed by atoms with Crippen LogP contribution in [0.4, 0.5) is 28.4 Å². The van der Waals surface area contributed by atoms with Gasteiger partial charge in [0.1, 0.15) is 11.2 Å². The highest BCUT2D eigenvalue weighted by Crippen LogP contribution is 2.51. The van der Waals surface area contributed by atoms with Crippen molar-refractivity contribution in [1.29, 1.82) is 0 Å². The van der Waals surface area contributed by atoms with Crippen LogP contribution in [-0.2, 0) is 0 Å². The van der Waals surface area contributed by atoms with Crippen LogP contribution in [0.1, 0.15) is 0 Å². The van der Waals surface area contributed by atoms with Crippen LogP contribution < -0.4 is 20.6 Å². The predicted molar refractivity (Wildman–Crippen MR) is 253 cm³/mol. The van der Waals surface area contributed by atoms with Crippen LogP contribution >= 0.6 is 0 Å². The molecular weight excluding hydrogens is 727 g/mol. The zero-order valence-corrected chi connectivity index (χ0v) is 32.6. The average molecular weight is 763 g/mol. The largest absolute Gasteiger partial charge is 0.455 e. The highest BCUT2D eigenvalue weighted by molar-refractivity contribution is 6.94. The maximum atomic E-state index is 7.04.